The van der Waals surface area contributed by atoms with E-state index >= 15 is 0 Å². The SMILES string of the molecule is O=C(NCCC1CC2CCC1C2)C1=NN(CCO)C(=O)CC1. The quantitative estimate of drug-likeness (QED) is 0.765. The van der Waals surface area contributed by atoms with Crippen LogP contribution in [0.4, 0.5) is 0 Å². The predicted molar refractivity (Wildman–Crippen MR) is 82.0 cm³/mol. The van der Waals surface area contributed by atoms with Gasteiger partial charge in [0.15, 0.2) is 0 Å². The van der Waals surface area contributed by atoms with E-state index in [1.165, 1.54) is 30.7 Å². The number of fused-ring (bicyclic) bond motifs is 2. The fraction of sp³-hybridized carbons (Fsp3) is 0.812. The van der Waals surface area contributed by atoms with Crippen LogP contribution < -0.4 is 5.32 Å². The molecule has 0 aromatic carbocycles. The van der Waals surface area contributed by atoms with Gasteiger partial charge in [-0.05, 0) is 43.4 Å². The zero-order chi connectivity index (χ0) is 15.5. The summed E-state index contributed by atoms with van der Waals surface area (Å²) in [7, 11) is 0. The minimum atomic E-state index is -0.168. The standard InChI is InChI=1S/C16H25N3O3/c20-8-7-19-15(21)4-3-14(18-19)16(22)17-6-5-13-10-11-1-2-12(13)9-11/h11-13,20H,1-10H2,(H,17,22). The highest BCUT2D eigenvalue weighted by Gasteiger charge is 2.38. The van der Waals surface area contributed by atoms with Gasteiger partial charge in [0.05, 0.1) is 13.2 Å². The molecule has 2 aliphatic carbocycles. The lowest BCUT2D eigenvalue weighted by molar-refractivity contribution is -0.132. The largest absolute Gasteiger partial charge is 0.394 e. The Balaban J connectivity index is 1.45. The molecule has 0 spiro atoms. The Morgan fingerprint density at radius 2 is 2.18 bits per heavy atom. The monoisotopic (exact) mass is 307 g/mol. The van der Waals surface area contributed by atoms with Crippen molar-refractivity contribution in [3.8, 4) is 0 Å². The van der Waals surface area contributed by atoms with Gasteiger partial charge >= 0.3 is 0 Å². The van der Waals surface area contributed by atoms with Crippen LogP contribution in [0.15, 0.2) is 5.10 Å². The average Bonchev–Trinajstić information content (AvgIpc) is 3.12. The van der Waals surface area contributed by atoms with Crippen molar-refractivity contribution in [3.63, 3.8) is 0 Å². The molecule has 0 saturated heterocycles. The van der Waals surface area contributed by atoms with E-state index in [0.717, 1.165) is 24.2 Å². The van der Waals surface area contributed by atoms with Gasteiger partial charge in [0, 0.05) is 19.4 Å². The Bertz CT molecular complexity index is 477. The molecule has 122 valence electrons. The lowest BCUT2D eigenvalue weighted by Gasteiger charge is -2.23. The molecule has 6 nitrogen and oxygen atoms in total. The minimum absolute atomic E-state index is 0.132. The molecule has 2 saturated carbocycles. The van der Waals surface area contributed by atoms with Crippen LogP contribution in [0, 0.1) is 17.8 Å². The number of hydrazone groups is 1. The maximum atomic E-state index is 12.1. The number of nitrogens with zero attached hydrogens (tertiary/aromatic N) is 2. The van der Waals surface area contributed by atoms with E-state index in [4.69, 9.17) is 5.11 Å². The van der Waals surface area contributed by atoms with Crippen LogP contribution in [0.2, 0.25) is 0 Å². The van der Waals surface area contributed by atoms with Crippen molar-refractivity contribution in [2.24, 2.45) is 22.9 Å². The Labute approximate surface area is 130 Å². The molecule has 2 fully saturated rings. The Kier molecular flexibility index (Phi) is 4.76. The molecule has 2 amide bonds. The first-order chi connectivity index (χ1) is 10.7. The second kappa shape index (κ2) is 6.77. The van der Waals surface area contributed by atoms with Crippen molar-refractivity contribution in [1.82, 2.24) is 10.3 Å². The molecule has 2 N–H and O–H groups in total. The van der Waals surface area contributed by atoms with Gasteiger partial charge in [0.1, 0.15) is 5.71 Å². The van der Waals surface area contributed by atoms with E-state index < -0.39 is 0 Å². The first-order valence-electron chi connectivity index (χ1n) is 8.44. The third kappa shape index (κ3) is 3.32. The number of carbonyl (C=O) groups excluding carboxylic acids is 2. The molecule has 1 heterocycles. The van der Waals surface area contributed by atoms with Crippen LogP contribution in [0.5, 0.6) is 0 Å². The lowest BCUT2D eigenvalue weighted by atomic mass is 9.86. The van der Waals surface area contributed by atoms with Crippen molar-refractivity contribution in [1.29, 1.82) is 0 Å². The molecule has 0 aromatic heterocycles. The van der Waals surface area contributed by atoms with Crippen LogP contribution in [-0.4, -0.2) is 47.3 Å². The highest BCUT2D eigenvalue weighted by atomic mass is 16.3. The summed E-state index contributed by atoms with van der Waals surface area (Å²) in [6, 6.07) is 0. The fourth-order valence-electron chi connectivity index (χ4n) is 4.24. The van der Waals surface area contributed by atoms with Crippen molar-refractivity contribution in [2.75, 3.05) is 19.7 Å². The molecular weight excluding hydrogens is 282 g/mol. The summed E-state index contributed by atoms with van der Waals surface area (Å²) in [5, 5.41) is 17.1. The third-order valence-electron chi connectivity index (χ3n) is 5.36. The molecule has 2 bridgehead atoms. The van der Waals surface area contributed by atoms with Crippen LogP contribution in [0.25, 0.3) is 0 Å². The molecule has 0 aromatic rings. The number of β-amino-alcohol motifs (C(OH)–C–C–N with tert-alkyl or cyclic N) is 1. The van der Waals surface area contributed by atoms with Gasteiger partial charge in [-0.2, -0.15) is 5.10 Å². The summed E-state index contributed by atoms with van der Waals surface area (Å²) >= 11 is 0. The van der Waals surface area contributed by atoms with Gasteiger partial charge in [-0.15, -0.1) is 0 Å². The van der Waals surface area contributed by atoms with Gasteiger partial charge in [-0.25, -0.2) is 5.01 Å². The van der Waals surface area contributed by atoms with E-state index in [2.05, 4.69) is 10.4 Å². The predicted octanol–water partition coefficient (Wildman–Crippen LogP) is 0.900. The zero-order valence-corrected chi connectivity index (χ0v) is 13.0. The summed E-state index contributed by atoms with van der Waals surface area (Å²) in [4.78, 5) is 23.7. The van der Waals surface area contributed by atoms with Crippen LogP contribution in [0.1, 0.15) is 44.9 Å². The van der Waals surface area contributed by atoms with E-state index in [1.807, 2.05) is 0 Å². The number of hydrogen-bond acceptors (Lipinski definition) is 4. The van der Waals surface area contributed by atoms with Crippen molar-refractivity contribution in [2.45, 2.75) is 44.9 Å². The van der Waals surface area contributed by atoms with Crippen LogP contribution in [-0.2, 0) is 9.59 Å². The van der Waals surface area contributed by atoms with Crippen LogP contribution >= 0.6 is 0 Å². The molecule has 22 heavy (non-hydrogen) atoms. The number of aliphatic hydroxyl groups excluding tert-OH is 1. The summed E-state index contributed by atoms with van der Waals surface area (Å²) in [5.41, 5.74) is 0.404. The highest BCUT2D eigenvalue weighted by molar-refractivity contribution is 6.39. The number of nitrogens with one attached hydrogen (secondary N) is 1. The van der Waals surface area contributed by atoms with E-state index in [9.17, 15) is 9.59 Å². The average molecular weight is 307 g/mol. The number of aliphatic hydroxyl groups is 1. The second-order valence-electron chi connectivity index (χ2n) is 6.77. The topological polar surface area (TPSA) is 82.0 Å². The molecule has 3 unspecified atom stereocenters. The Morgan fingerprint density at radius 1 is 1.32 bits per heavy atom. The van der Waals surface area contributed by atoms with E-state index in [1.54, 1.807) is 0 Å². The van der Waals surface area contributed by atoms with Crippen molar-refractivity contribution in [3.05, 3.63) is 0 Å². The zero-order valence-electron chi connectivity index (χ0n) is 13.0. The number of amides is 2. The first-order valence-corrected chi connectivity index (χ1v) is 8.44. The smallest absolute Gasteiger partial charge is 0.267 e. The third-order valence-corrected chi connectivity index (χ3v) is 5.36. The van der Waals surface area contributed by atoms with Crippen molar-refractivity contribution < 1.29 is 14.7 Å². The van der Waals surface area contributed by atoms with Crippen LogP contribution in [0.3, 0.4) is 0 Å². The first kappa shape index (κ1) is 15.5. The molecular formula is C16H25N3O3. The van der Waals surface area contributed by atoms with Gasteiger partial charge in [0.2, 0.25) is 5.91 Å². The number of hydrogen-bond donors (Lipinski definition) is 2. The molecule has 0 radical (unpaired) electrons. The maximum absolute atomic E-state index is 12.1. The fourth-order valence-corrected chi connectivity index (χ4v) is 4.24. The molecule has 3 atom stereocenters. The second-order valence-corrected chi connectivity index (χ2v) is 6.77. The summed E-state index contributed by atoms with van der Waals surface area (Å²) in [6.45, 7) is 0.703. The molecule has 3 rings (SSSR count). The number of carbonyl (C=O) groups is 2. The van der Waals surface area contributed by atoms with E-state index in [-0.39, 0.29) is 25.0 Å². The molecule has 1 aliphatic heterocycles. The summed E-state index contributed by atoms with van der Waals surface area (Å²) in [5.74, 6) is 2.30. The Hall–Kier alpha value is -1.43. The van der Waals surface area contributed by atoms with Crippen molar-refractivity contribution >= 4 is 17.5 Å². The van der Waals surface area contributed by atoms with Gasteiger partial charge < -0.3 is 10.4 Å². The lowest BCUT2D eigenvalue weighted by Crippen LogP contribution is -2.40. The summed E-state index contributed by atoms with van der Waals surface area (Å²) < 4.78 is 0. The van der Waals surface area contributed by atoms with E-state index in [0.29, 0.717) is 25.1 Å². The maximum Gasteiger partial charge on any atom is 0.267 e. The highest BCUT2D eigenvalue weighted by Crippen LogP contribution is 2.49. The Morgan fingerprint density at radius 3 is 2.86 bits per heavy atom. The molecule has 6 heteroatoms. The number of rotatable bonds is 6. The van der Waals surface area contributed by atoms with Gasteiger partial charge in [0.25, 0.3) is 5.91 Å². The normalized spacial score (nSPS) is 30.6. The minimum Gasteiger partial charge on any atom is -0.394 e. The van der Waals surface area contributed by atoms with Gasteiger partial charge in [-0.1, -0.05) is 6.42 Å². The molecule has 3 aliphatic rings. The van der Waals surface area contributed by atoms with Gasteiger partial charge in [-0.3, -0.25) is 9.59 Å². The summed E-state index contributed by atoms with van der Waals surface area (Å²) in [6.07, 6.45) is 7.23.